The fourth-order valence-electron chi connectivity index (χ4n) is 3.15. The minimum absolute atomic E-state index is 0.00111. The number of amides is 4. The monoisotopic (exact) mass is 418 g/mol. The zero-order chi connectivity index (χ0) is 21.2. The van der Waals surface area contributed by atoms with Crippen molar-refractivity contribution in [3.63, 3.8) is 0 Å². The summed E-state index contributed by atoms with van der Waals surface area (Å²) in [6.07, 6.45) is 1.80. The minimum Gasteiger partial charge on any atom is -0.295 e. The lowest BCUT2D eigenvalue weighted by atomic mass is 10.0. The molecule has 0 aliphatic carbocycles. The summed E-state index contributed by atoms with van der Waals surface area (Å²) in [6, 6.07) is 3.65. The van der Waals surface area contributed by atoms with Crippen LogP contribution in [0.2, 0.25) is 0 Å². The van der Waals surface area contributed by atoms with Gasteiger partial charge in [0.1, 0.15) is 6.04 Å². The molecule has 4 amide bonds. The molecule has 152 valence electrons. The van der Waals surface area contributed by atoms with Crippen molar-refractivity contribution in [1.82, 2.24) is 10.2 Å². The van der Waals surface area contributed by atoms with Crippen LogP contribution in [-0.2, 0) is 23.9 Å². The van der Waals surface area contributed by atoms with E-state index in [1.165, 1.54) is 6.07 Å². The van der Waals surface area contributed by atoms with Gasteiger partial charge in [0.05, 0.1) is 24.0 Å². The molecule has 1 atom stereocenters. The Morgan fingerprint density at radius 2 is 1.97 bits per heavy atom. The average Bonchev–Trinajstić information content (AvgIpc) is 2.89. The first-order valence-electron chi connectivity index (χ1n) is 8.87. The van der Waals surface area contributed by atoms with Crippen LogP contribution in [-0.4, -0.2) is 55.9 Å². The third-order valence-electron chi connectivity index (χ3n) is 4.43. The highest BCUT2D eigenvalue weighted by atomic mass is 32.2. The lowest BCUT2D eigenvalue weighted by Crippen LogP contribution is -2.54. The maximum atomic E-state index is 12.9. The van der Waals surface area contributed by atoms with Crippen LogP contribution in [0.3, 0.4) is 0 Å². The van der Waals surface area contributed by atoms with E-state index < -0.39 is 39.8 Å². The molecule has 2 aliphatic heterocycles. The first-order chi connectivity index (χ1) is 13.7. The van der Waals surface area contributed by atoms with Crippen molar-refractivity contribution in [1.29, 1.82) is 0 Å². The number of nitrogens with one attached hydrogen (secondary N) is 1. The van der Waals surface area contributed by atoms with Gasteiger partial charge in [-0.15, -0.1) is 0 Å². The number of hydrogen-bond donors (Lipinski definition) is 1. The van der Waals surface area contributed by atoms with Gasteiger partial charge in [-0.05, 0) is 25.0 Å². The number of piperidine rings is 1. The molecular formula is C19H18N2O7S. The molecule has 1 fully saturated rings. The highest BCUT2D eigenvalue weighted by molar-refractivity contribution is 7.85. The van der Waals surface area contributed by atoms with Gasteiger partial charge < -0.3 is 0 Å². The number of carbonyl (C=O) groups is 4. The number of imide groups is 2. The summed E-state index contributed by atoms with van der Waals surface area (Å²) in [5, 5.41) is 2.15. The smallest absolute Gasteiger partial charge is 0.264 e. The number of fused-ring (bicyclic) bond motifs is 1. The molecule has 0 radical (unpaired) electrons. The number of hydrogen-bond acceptors (Lipinski definition) is 7. The number of benzene rings is 1. The van der Waals surface area contributed by atoms with Crippen LogP contribution in [0.25, 0.3) is 0 Å². The quantitative estimate of drug-likeness (QED) is 0.313. The summed E-state index contributed by atoms with van der Waals surface area (Å²) in [7, 11) is -3.50. The Morgan fingerprint density at radius 1 is 1.21 bits per heavy atom. The lowest BCUT2D eigenvalue weighted by molar-refractivity contribution is -0.136. The van der Waals surface area contributed by atoms with Gasteiger partial charge in [-0.3, -0.25) is 33.6 Å². The maximum absolute atomic E-state index is 12.9. The van der Waals surface area contributed by atoms with E-state index in [0.717, 1.165) is 11.2 Å². The Labute approximate surface area is 167 Å². The van der Waals surface area contributed by atoms with Crippen molar-refractivity contribution >= 4 is 33.7 Å². The zero-order valence-electron chi connectivity index (χ0n) is 15.6. The van der Waals surface area contributed by atoms with Crippen LogP contribution in [0.5, 0.6) is 0 Å². The Balaban J connectivity index is 1.76. The minimum atomic E-state index is -3.50. The molecule has 1 unspecified atom stereocenters. The van der Waals surface area contributed by atoms with Crippen LogP contribution < -0.4 is 5.32 Å². The van der Waals surface area contributed by atoms with E-state index in [2.05, 4.69) is 21.3 Å². The third-order valence-corrected chi connectivity index (χ3v) is 5.03. The molecule has 9 nitrogen and oxygen atoms in total. The molecular weight excluding hydrogens is 400 g/mol. The van der Waals surface area contributed by atoms with Gasteiger partial charge in [0.2, 0.25) is 11.8 Å². The average molecular weight is 418 g/mol. The van der Waals surface area contributed by atoms with Gasteiger partial charge in [-0.25, -0.2) is 0 Å². The Bertz CT molecular complexity index is 1070. The topological polar surface area (TPSA) is 127 Å². The van der Waals surface area contributed by atoms with Gasteiger partial charge in [-0.2, -0.15) is 8.42 Å². The number of rotatable bonds is 5. The first-order valence-corrected chi connectivity index (χ1v) is 10.7. The Kier molecular flexibility index (Phi) is 5.81. The largest absolute Gasteiger partial charge is 0.295 e. The standard InChI is InChI=1S/C19H18N2O7S/c1-29(26,27)28-11-4-2-3-6-12-7-5-8-13-16(12)19(25)21(18(13)24)14-9-10-15(22)20-17(14)23/h5,7-8,14H,2,4,9-11H2,1H3,(H,20,22,23). The van der Waals surface area contributed by atoms with Crippen molar-refractivity contribution in [3.05, 3.63) is 34.9 Å². The van der Waals surface area contributed by atoms with Crippen LogP contribution in [0.1, 0.15) is 52.0 Å². The number of nitrogens with zero attached hydrogens (tertiary/aromatic N) is 1. The molecule has 1 aromatic carbocycles. The van der Waals surface area contributed by atoms with Crippen molar-refractivity contribution in [3.8, 4) is 11.8 Å². The predicted octanol–water partition coefficient (Wildman–Crippen LogP) is 0.196. The van der Waals surface area contributed by atoms with Gasteiger partial charge in [-0.1, -0.05) is 17.9 Å². The van der Waals surface area contributed by atoms with Gasteiger partial charge in [0.25, 0.3) is 21.9 Å². The molecule has 0 aromatic heterocycles. The van der Waals surface area contributed by atoms with Crippen LogP contribution >= 0.6 is 0 Å². The van der Waals surface area contributed by atoms with E-state index in [-0.39, 0.29) is 30.6 Å². The second-order valence-electron chi connectivity index (χ2n) is 6.61. The third kappa shape index (κ3) is 4.52. The Hall–Kier alpha value is -3.03. The summed E-state index contributed by atoms with van der Waals surface area (Å²) in [5.74, 6) is 3.34. The van der Waals surface area contributed by atoms with Crippen molar-refractivity contribution in [2.75, 3.05) is 12.9 Å². The van der Waals surface area contributed by atoms with Crippen molar-refractivity contribution < 1.29 is 31.8 Å². The molecule has 0 saturated carbocycles. The number of unbranched alkanes of at least 4 members (excludes halogenated alkanes) is 1. The SMILES string of the molecule is CS(=O)(=O)OCCCC#Cc1cccc2c1C(=O)N(C1CCC(=O)NC1=O)C2=O. The summed E-state index contributed by atoms with van der Waals surface area (Å²) in [5.41, 5.74) is 0.633. The van der Waals surface area contributed by atoms with Crippen LogP contribution in [0.4, 0.5) is 0 Å². The molecule has 1 aromatic rings. The highest BCUT2D eigenvalue weighted by Gasteiger charge is 2.45. The molecule has 1 N–H and O–H groups in total. The molecule has 29 heavy (non-hydrogen) atoms. The summed E-state index contributed by atoms with van der Waals surface area (Å²) >= 11 is 0. The fourth-order valence-corrected chi connectivity index (χ4v) is 3.57. The summed E-state index contributed by atoms with van der Waals surface area (Å²) < 4.78 is 26.4. The molecule has 3 rings (SSSR count). The van der Waals surface area contributed by atoms with E-state index in [1.54, 1.807) is 12.1 Å². The Morgan fingerprint density at radius 3 is 2.66 bits per heavy atom. The molecule has 1 saturated heterocycles. The molecule has 2 aliphatic rings. The second kappa shape index (κ2) is 8.14. The normalized spacial score (nSPS) is 18.9. The molecule has 10 heteroatoms. The summed E-state index contributed by atoms with van der Waals surface area (Å²) in [6.45, 7) is 0.00111. The highest BCUT2D eigenvalue weighted by Crippen LogP contribution is 2.29. The van der Waals surface area contributed by atoms with E-state index in [1.807, 2.05) is 0 Å². The zero-order valence-corrected chi connectivity index (χ0v) is 16.4. The van der Waals surface area contributed by atoms with Gasteiger partial charge in [0, 0.05) is 18.4 Å². The fraction of sp³-hybridized carbons (Fsp3) is 0.368. The second-order valence-corrected chi connectivity index (χ2v) is 8.25. The van der Waals surface area contributed by atoms with E-state index in [0.29, 0.717) is 18.4 Å². The maximum Gasteiger partial charge on any atom is 0.264 e. The number of carbonyl (C=O) groups excluding carboxylic acids is 4. The first kappa shape index (κ1) is 20.7. The van der Waals surface area contributed by atoms with E-state index >= 15 is 0 Å². The van der Waals surface area contributed by atoms with Crippen molar-refractivity contribution in [2.24, 2.45) is 0 Å². The van der Waals surface area contributed by atoms with Crippen molar-refractivity contribution in [2.45, 2.75) is 31.7 Å². The van der Waals surface area contributed by atoms with Gasteiger partial charge in [0.15, 0.2) is 0 Å². The molecule has 2 heterocycles. The summed E-state index contributed by atoms with van der Waals surface area (Å²) in [4.78, 5) is 49.9. The predicted molar refractivity (Wildman–Crippen MR) is 100 cm³/mol. The van der Waals surface area contributed by atoms with E-state index in [9.17, 15) is 27.6 Å². The van der Waals surface area contributed by atoms with Crippen LogP contribution in [0.15, 0.2) is 18.2 Å². The molecule has 0 spiro atoms. The molecule has 0 bridgehead atoms. The van der Waals surface area contributed by atoms with Gasteiger partial charge >= 0.3 is 0 Å². The lowest BCUT2D eigenvalue weighted by Gasteiger charge is -2.27. The van der Waals surface area contributed by atoms with E-state index in [4.69, 9.17) is 0 Å². The van der Waals surface area contributed by atoms with Crippen LogP contribution in [0, 0.1) is 11.8 Å².